The molecule has 1 saturated carbocycles. The van der Waals surface area contributed by atoms with Gasteiger partial charge in [-0.2, -0.15) is 0 Å². The van der Waals surface area contributed by atoms with Crippen molar-refractivity contribution in [2.75, 3.05) is 0 Å². The van der Waals surface area contributed by atoms with Gasteiger partial charge >= 0.3 is 0 Å². The van der Waals surface area contributed by atoms with Gasteiger partial charge in [0.1, 0.15) is 5.82 Å². The van der Waals surface area contributed by atoms with Crippen molar-refractivity contribution in [1.29, 1.82) is 0 Å². The molecule has 72 valence electrons. The van der Waals surface area contributed by atoms with Crippen LogP contribution in [0.25, 0.3) is 0 Å². The normalized spacial score (nSPS) is 18.5. The smallest absolute Gasteiger partial charge is 0.262 e. The molecule has 3 N–H and O–H groups in total. The molecule has 0 aliphatic heterocycles. The average Bonchev–Trinajstić information content (AvgIpc) is 2.29. The first-order valence-corrected chi connectivity index (χ1v) is 5.57. The van der Waals surface area contributed by atoms with Crippen molar-refractivity contribution in [2.45, 2.75) is 30.3 Å². The second-order valence-electron chi connectivity index (χ2n) is 3.18. The minimum atomic E-state index is -3.75. The number of nitrogens with zero attached hydrogens (tertiary/aromatic N) is 2. The van der Waals surface area contributed by atoms with E-state index in [-0.39, 0.29) is 5.16 Å². The fourth-order valence-electron chi connectivity index (χ4n) is 1.25. The number of hydrogen-bond acceptors (Lipinski definition) is 4. The number of H-pyrrole nitrogens is 1. The Morgan fingerprint density at radius 2 is 2.15 bits per heavy atom. The standard InChI is InChI=1S/C6H10N4O2S/c7-13(11,12)6-8-5(9-10-6)4-2-1-3-4/h4H,1-3H2,(H2,7,11,12)(H,8,9,10). The van der Waals surface area contributed by atoms with Gasteiger partial charge in [-0.1, -0.05) is 6.42 Å². The number of nitrogens with one attached hydrogen (secondary N) is 1. The Morgan fingerprint density at radius 1 is 1.46 bits per heavy atom. The summed E-state index contributed by atoms with van der Waals surface area (Å²) in [6.45, 7) is 0. The van der Waals surface area contributed by atoms with E-state index in [9.17, 15) is 8.42 Å². The van der Waals surface area contributed by atoms with Crippen LogP contribution in [0.4, 0.5) is 0 Å². The van der Waals surface area contributed by atoms with E-state index in [0.29, 0.717) is 11.7 Å². The zero-order chi connectivity index (χ0) is 9.47. The van der Waals surface area contributed by atoms with Crippen molar-refractivity contribution in [1.82, 2.24) is 15.2 Å². The Bertz CT molecular complexity index is 406. The molecule has 0 spiro atoms. The fraction of sp³-hybridized carbons (Fsp3) is 0.667. The third-order valence-corrected chi connectivity index (χ3v) is 2.92. The van der Waals surface area contributed by atoms with Crippen LogP contribution in [0.5, 0.6) is 0 Å². The molecule has 0 atom stereocenters. The molecule has 1 aromatic heterocycles. The molecule has 1 aliphatic rings. The highest BCUT2D eigenvalue weighted by Gasteiger charge is 2.25. The van der Waals surface area contributed by atoms with Crippen LogP contribution in [0.2, 0.25) is 0 Å². The molecule has 0 radical (unpaired) electrons. The highest BCUT2D eigenvalue weighted by molar-refractivity contribution is 7.89. The van der Waals surface area contributed by atoms with Gasteiger partial charge in [0.15, 0.2) is 0 Å². The highest BCUT2D eigenvalue weighted by atomic mass is 32.2. The number of nitrogens with two attached hydrogens (primary N) is 1. The van der Waals surface area contributed by atoms with E-state index in [4.69, 9.17) is 5.14 Å². The summed E-state index contributed by atoms with van der Waals surface area (Å²) in [5, 5.41) is 10.7. The quantitative estimate of drug-likeness (QED) is 0.688. The number of aromatic amines is 1. The Hall–Kier alpha value is -0.950. The number of rotatable bonds is 2. The lowest BCUT2D eigenvalue weighted by molar-refractivity contribution is 0.402. The summed E-state index contributed by atoms with van der Waals surface area (Å²) in [6.07, 6.45) is 3.24. The molecular formula is C6H10N4O2S. The number of hydrogen-bond donors (Lipinski definition) is 2. The second-order valence-corrected chi connectivity index (χ2v) is 4.63. The molecule has 1 aromatic rings. The predicted molar refractivity (Wildman–Crippen MR) is 44.3 cm³/mol. The summed E-state index contributed by atoms with van der Waals surface area (Å²) in [5.41, 5.74) is 0. The fourth-order valence-corrected chi connectivity index (χ4v) is 1.65. The lowest BCUT2D eigenvalue weighted by Gasteiger charge is -2.21. The molecule has 0 aromatic carbocycles. The second kappa shape index (κ2) is 2.78. The molecule has 0 saturated heterocycles. The van der Waals surface area contributed by atoms with E-state index >= 15 is 0 Å². The van der Waals surface area contributed by atoms with Crippen LogP contribution in [0.3, 0.4) is 0 Å². The maximum Gasteiger partial charge on any atom is 0.282 e. The number of primary sulfonamides is 1. The average molecular weight is 202 g/mol. The first-order valence-electron chi connectivity index (χ1n) is 4.02. The zero-order valence-electron chi connectivity index (χ0n) is 6.90. The van der Waals surface area contributed by atoms with Gasteiger partial charge in [-0.3, -0.25) is 5.10 Å². The van der Waals surface area contributed by atoms with Gasteiger partial charge in [0.25, 0.3) is 15.2 Å². The van der Waals surface area contributed by atoms with Crippen molar-refractivity contribution in [3.8, 4) is 0 Å². The van der Waals surface area contributed by atoms with E-state index < -0.39 is 10.0 Å². The summed E-state index contributed by atoms with van der Waals surface area (Å²) >= 11 is 0. The molecule has 1 aliphatic carbocycles. The lowest BCUT2D eigenvalue weighted by Crippen LogP contribution is -2.14. The Labute approximate surface area is 75.6 Å². The molecule has 7 heteroatoms. The van der Waals surface area contributed by atoms with Crippen LogP contribution in [0.15, 0.2) is 5.16 Å². The van der Waals surface area contributed by atoms with Crippen LogP contribution < -0.4 is 5.14 Å². The monoisotopic (exact) mass is 202 g/mol. The SMILES string of the molecule is NS(=O)(=O)c1n[nH]c(C2CCC2)n1. The van der Waals surface area contributed by atoms with E-state index in [1.165, 1.54) is 0 Å². The molecule has 13 heavy (non-hydrogen) atoms. The van der Waals surface area contributed by atoms with Crippen LogP contribution in [-0.2, 0) is 10.0 Å². The third kappa shape index (κ3) is 1.56. The summed E-state index contributed by atoms with van der Waals surface area (Å²) in [6, 6.07) is 0. The Morgan fingerprint density at radius 3 is 2.54 bits per heavy atom. The lowest BCUT2D eigenvalue weighted by atomic mass is 9.85. The molecule has 0 amide bonds. The molecule has 1 heterocycles. The number of sulfonamides is 1. The summed E-state index contributed by atoms with van der Waals surface area (Å²) in [5.74, 6) is 0.971. The van der Waals surface area contributed by atoms with Gasteiger partial charge in [0.05, 0.1) is 0 Å². The molecular weight excluding hydrogens is 192 g/mol. The predicted octanol–water partition coefficient (Wildman–Crippen LogP) is -0.280. The molecule has 6 nitrogen and oxygen atoms in total. The molecule has 0 bridgehead atoms. The maximum atomic E-state index is 10.8. The summed E-state index contributed by atoms with van der Waals surface area (Å²) in [7, 11) is -3.75. The van der Waals surface area contributed by atoms with Crippen molar-refractivity contribution < 1.29 is 8.42 Å². The van der Waals surface area contributed by atoms with E-state index in [1.54, 1.807) is 0 Å². The zero-order valence-corrected chi connectivity index (χ0v) is 7.71. The van der Waals surface area contributed by atoms with Gasteiger partial charge < -0.3 is 0 Å². The van der Waals surface area contributed by atoms with Crippen molar-refractivity contribution in [3.05, 3.63) is 5.82 Å². The van der Waals surface area contributed by atoms with E-state index in [0.717, 1.165) is 19.3 Å². The van der Waals surface area contributed by atoms with Crippen LogP contribution in [-0.4, -0.2) is 23.6 Å². The third-order valence-electron chi connectivity index (χ3n) is 2.23. The minimum Gasteiger partial charge on any atom is -0.262 e. The van der Waals surface area contributed by atoms with Crippen LogP contribution in [0, 0.1) is 0 Å². The van der Waals surface area contributed by atoms with E-state index in [2.05, 4.69) is 15.2 Å². The van der Waals surface area contributed by atoms with Gasteiger partial charge in [-0.25, -0.2) is 18.5 Å². The molecule has 0 unspecified atom stereocenters. The van der Waals surface area contributed by atoms with Crippen LogP contribution in [0.1, 0.15) is 31.0 Å². The largest absolute Gasteiger partial charge is 0.282 e. The van der Waals surface area contributed by atoms with Gasteiger partial charge in [-0.05, 0) is 12.8 Å². The van der Waals surface area contributed by atoms with Crippen molar-refractivity contribution in [2.24, 2.45) is 5.14 Å². The molecule has 2 rings (SSSR count). The summed E-state index contributed by atoms with van der Waals surface area (Å²) < 4.78 is 21.6. The Kier molecular flexibility index (Phi) is 1.85. The van der Waals surface area contributed by atoms with Gasteiger partial charge in [0, 0.05) is 5.92 Å². The summed E-state index contributed by atoms with van der Waals surface area (Å²) in [4.78, 5) is 3.82. The van der Waals surface area contributed by atoms with Gasteiger partial charge in [0.2, 0.25) is 0 Å². The maximum absolute atomic E-state index is 10.8. The van der Waals surface area contributed by atoms with Gasteiger partial charge in [-0.15, -0.1) is 5.10 Å². The molecule has 1 fully saturated rings. The van der Waals surface area contributed by atoms with E-state index in [1.807, 2.05) is 0 Å². The first kappa shape index (κ1) is 8.64. The number of aromatic nitrogens is 3. The van der Waals surface area contributed by atoms with Crippen molar-refractivity contribution in [3.63, 3.8) is 0 Å². The minimum absolute atomic E-state index is 0.311. The Balaban J connectivity index is 2.27. The van der Waals surface area contributed by atoms with Crippen molar-refractivity contribution >= 4 is 10.0 Å². The van der Waals surface area contributed by atoms with Crippen LogP contribution >= 0.6 is 0 Å². The highest BCUT2D eigenvalue weighted by Crippen LogP contribution is 2.34. The topological polar surface area (TPSA) is 102 Å². The first-order chi connectivity index (χ1) is 6.07.